The minimum Gasteiger partial charge on any atom is -0.345 e. The highest BCUT2D eigenvalue weighted by atomic mass is 32.2. The first-order chi connectivity index (χ1) is 14.4. The second kappa shape index (κ2) is 8.53. The number of hydrogen-bond donors (Lipinski definition) is 2. The van der Waals surface area contributed by atoms with Crippen LogP contribution in [-0.2, 0) is 10.0 Å². The van der Waals surface area contributed by atoms with E-state index < -0.39 is 10.0 Å². The van der Waals surface area contributed by atoms with Crippen LogP contribution in [0.5, 0.6) is 0 Å². The van der Waals surface area contributed by atoms with Gasteiger partial charge in [0.05, 0.1) is 16.6 Å². The van der Waals surface area contributed by atoms with Gasteiger partial charge in [-0.3, -0.25) is 9.52 Å². The maximum absolute atomic E-state index is 12.7. The van der Waals surface area contributed by atoms with Gasteiger partial charge in [0.1, 0.15) is 0 Å². The van der Waals surface area contributed by atoms with Crippen LogP contribution >= 0.6 is 11.8 Å². The number of rotatable bonds is 5. The number of aryl methyl sites for hydroxylation is 1. The minimum absolute atomic E-state index is 0.0407. The van der Waals surface area contributed by atoms with E-state index >= 15 is 0 Å². The number of hydrogen-bond acceptors (Lipinski definition) is 4. The first-order valence-corrected chi connectivity index (χ1v) is 12.1. The second-order valence-electron chi connectivity index (χ2n) is 7.15. The summed E-state index contributed by atoms with van der Waals surface area (Å²) in [5.74, 6) is 0.737. The molecule has 30 heavy (non-hydrogen) atoms. The monoisotopic (exact) mass is 438 g/mol. The van der Waals surface area contributed by atoms with E-state index in [1.54, 1.807) is 36.0 Å². The van der Waals surface area contributed by atoms with Gasteiger partial charge in [0.15, 0.2) is 0 Å². The maximum Gasteiger partial charge on any atom is 0.261 e. The summed E-state index contributed by atoms with van der Waals surface area (Å²) in [6, 6.07) is 21.2. The van der Waals surface area contributed by atoms with E-state index in [1.807, 2.05) is 37.3 Å². The zero-order valence-corrected chi connectivity index (χ0v) is 18.1. The maximum atomic E-state index is 12.7. The fourth-order valence-corrected chi connectivity index (χ4v) is 5.67. The standard InChI is InChI=1S/C23H22N2O3S2/c1-16-6-2-4-8-20(16)25-30(27,28)18-12-10-17(11-13-18)23(26)24-21-14-15-29-22-9-5-3-7-19(21)22/h2-13,21,25H,14-15H2,1H3,(H,24,26). The molecule has 5 nitrogen and oxygen atoms in total. The molecular weight excluding hydrogens is 416 g/mol. The lowest BCUT2D eigenvalue weighted by Gasteiger charge is -2.25. The fourth-order valence-electron chi connectivity index (χ4n) is 3.41. The predicted molar refractivity (Wildman–Crippen MR) is 120 cm³/mol. The molecule has 0 fully saturated rings. The highest BCUT2D eigenvalue weighted by Gasteiger charge is 2.23. The van der Waals surface area contributed by atoms with Crippen molar-refractivity contribution >= 4 is 33.4 Å². The van der Waals surface area contributed by atoms with Crippen LogP contribution < -0.4 is 10.0 Å². The molecule has 3 aromatic rings. The number of benzene rings is 3. The van der Waals surface area contributed by atoms with Crippen molar-refractivity contribution in [1.29, 1.82) is 0 Å². The highest BCUT2D eigenvalue weighted by molar-refractivity contribution is 7.99. The molecule has 1 aliphatic rings. The van der Waals surface area contributed by atoms with Gasteiger partial charge < -0.3 is 5.32 Å². The smallest absolute Gasteiger partial charge is 0.261 e. The first-order valence-electron chi connectivity index (χ1n) is 9.65. The predicted octanol–water partition coefficient (Wildman–Crippen LogP) is 4.76. The van der Waals surface area contributed by atoms with Crippen LogP contribution in [0.4, 0.5) is 5.69 Å². The molecule has 1 amide bonds. The van der Waals surface area contributed by atoms with E-state index in [9.17, 15) is 13.2 Å². The number of carbonyl (C=O) groups excluding carboxylic acids is 1. The quantitative estimate of drug-likeness (QED) is 0.602. The van der Waals surface area contributed by atoms with Gasteiger partial charge in [-0.25, -0.2) is 8.42 Å². The SMILES string of the molecule is Cc1ccccc1NS(=O)(=O)c1ccc(C(=O)NC2CCSc3ccccc32)cc1. The third-order valence-electron chi connectivity index (χ3n) is 5.08. The molecule has 154 valence electrons. The number of carbonyl (C=O) groups is 1. The van der Waals surface area contributed by atoms with Gasteiger partial charge in [-0.15, -0.1) is 11.8 Å². The summed E-state index contributed by atoms with van der Waals surface area (Å²) >= 11 is 1.80. The van der Waals surface area contributed by atoms with Crippen molar-refractivity contribution in [3.63, 3.8) is 0 Å². The minimum atomic E-state index is -3.73. The largest absolute Gasteiger partial charge is 0.345 e. The zero-order valence-electron chi connectivity index (χ0n) is 16.5. The third kappa shape index (κ3) is 4.37. The lowest BCUT2D eigenvalue weighted by molar-refractivity contribution is 0.0935. The number of para-hydroxylation sites is 1. The van der Waals surface area contributed by atoms with E-state index in [-0.39, 0.29) is 16.8 Å². The Labute approximate surface area is 181 Å². The normalized spacial score (nSPS) is 15.8. The van der Waals surface area contributed by atoms with Gasteiger partial charge >= 0.3 is 0 Å². The molecule has 0 aromatic heterocycles. The molecule has 1 heterocycles. The first kappa shape index (κ1) is 20.5. The zero-order chi connectivity index (χ0) is 21.1. The number of amides is 1. The molecule has 0 aliphatic carbocycles. The Morgan fingerprint density at radius 1 is 0.967 bits per heavy atom. The van der Waals surface area contributed by atoms with Crippen LogP contribution in [0.3, 0.4) is 0 Å². The summed E-state index contributed by atoms with van der Waals surface area (Å²) in [5.41, 5.74) is 2.93. The molecule has 0 radical (unpaired) electrons. The Morgan fingerprint density at radius 2 is 1.67 bits per heavy atom. The van der Waals surface area contributed by atoms with E-state index in [0.29, 0.717) is 11.3 Å². The summed E-state index contributed by atoms with van der Waals surface area (Å²) in [5, 5.41) is 3.08. The van der Waals surface area contributed by atoms with Gasteiger partial charge in [0.25, 0.3) is 15.9 Å². The molecule has 0 spiro atoms. The highest BCUT2D eigenvalue weighted by Crippen LogP contribution is 2.36. The molecule has 7 heteroatoms. The molecule has 0 saturated heterocycles. The number of nitrogens with one attached hydrogen (secondary N) is 2. The van der Waals surface area contributed by atoms with Crippen molar-refractivity contribution in [3.05, 3.63) is 89.5 Å². The van der Waals surface area contributed by atoms with Crippen LogP contribution in [0.15, 0.2) is 82.6 Å². The van der Waals surface area contributed by atoms with Crippen molar-refractivity contribution in [2.75, 3.05) is 10.5 Å². The molecule has 3 aromatic carbocycles. The molecule has 1 aliphatic heterocycles. The molecule has 0 bridgehead atoms. The van der Waals surface area contributed by atoms with Gasteiger partial charge in [-0.05, 0) is 60.9 Å². The van der Waals surface area contributed by atoms with Crippen LogP contribution in [0.1, 0.15) is 33.9 Å². The van der Waals surface area contributed by atoms with Crippen LogP contribution in [0.2, 0.25) is 0 Å². The van der Waals surface area contributed by atoms with E-state index in [2.05, 4.69) is 16.1 Å². The summed E-state index contributed by atoms with van der Waals surface area (Å²) in [4.78, 5) is 14.0. The van der Waals surface area contributed by atoms with E-state index in [0.717, 1.165) is 23.3 Å². The van der Waals surface area contributed by atoms with Crippen LogP contribution in [-0.4, -0.2) is 20.1 Å². The molecular formula is C23H22N2O3S2. The summed E-state index contributed by atoms with van der Waals surface area (Å²) in [6.45, 7) is 1.84. The number of fused-ring (bicyclic) bond motifs is 1. The molecule has 0 saturated carbocycles. The molecule has 1 atom stereocenters. The van der Waals surface area contributed by atoms with E-state index in [4.69, 9.17) is 0 Å². The second-order valence-corrected chi connectivity index (χ2v) is 9.96. The van der Waals surface area contributed by atoms with Crippen molar-refractivity contribution in [2.45, 2.75) is 29.2 Å². The Kier molecular flexibility index (Phi) is 5.83. The Bertz CT molecular complexity index is 1180. The average Bonchev–Trinajstić information content (AvgIpc) is 2.75. The number of thioether (sulfide) groups is 1. The fraction of sp³-hybridized carbons (Fsp3) is 0.174. The summed E-state index contributed by atoms with van der Waals surface area (Å²) < 4.78 is 27.9. The van der Waals surface area contributed by atoms with Gasteiger partial charge in [0, 0.05) is 16.2 Å². The van der Waals surface area contributed by atoms with Crippen LogP contribution in [0.25, 0.3) is 0 Å². The van der Waals surface area contributed by atoms with Crippen molar-refractivity contribution < 1.29 is 13.2 Å². The molecule has 4 rings (SSSR count). The summed E-state index contributed by atoms with van der Waals surface area (Å²) in [6.07, 6.45) is 0.861. The van der Waals surface area contributed by atoms with E-state index in [1.165, 1.54) is 17.0 Å². The van der Waals surface area contributed by atoms with Crippen LogP contribution in [0, 0.1) is 6.92 Å². The molecule has 2 N–H and O–H groups in total. The van der Waals surface area contributed by atoms with Gasteiger partial charge in [0.2, 0.25) is 0 Å². The van der Waals surface area contributed by atoms with Crippen molar-refractivity contribution in [1.82, 2.24) is 5.32 Å². The number of anilines is 1. The lowest BCUT2D eigenvalue weighted by atomic mass is 10.0. The Balaban J connectivity index is 1.48. The topological polar surface area (TPSA) is 75.3 Å². The van der Waals surface area contributed by atoms with Gasteiger partial charge in [-0.1, -0.05) is 36.4 Å². The van der Waals surface area contributed by atoms with Gasteiger partial charge in [-0.2, -0.15) is 0 Å². The van der Waals surface area contributed by atoms with Crippen molar-refractivity contribution in [3.8, 4) is 0 Å². The lowest BCUT2D eigenvalue weighted by Crippen LogP contribution is -2.30. The Hall–Kier alpha value is -2.77. The summed E-state index contributed by atoms with van der Waals surface area (Å²) in [7, 11) is -3.73. The number of sulfonamides is 1. The Morgan fingerprint density at radius 3 is 2.43 bits per heavy atom. The third-order valence-corrected chi connectivity index (χ3v) is 7.58. The average molecular weight is 439 g/mol. The molecule has 1 unspecified atom stereocenters. The van der Waals surface area contributed by atoms with Crippen molar-refractivity contribution in [2.24, 2.45) is 0 Å².